The van der Waals surface area contributed by atoms with Gasteiger partial charge < -0.3 is 0 Å². The summed E-state index contributed by atoms with van der Waals surface area (Å²) in [6, 6.07) is 0. The van der Waals surface area contributed by atoms with Crippen LogP contribution in [0.25, 0.3) is 0 Å². The summed E-state index contributed by atoms with van der Waals surface area (Å²) >= 11 is 0. The van der Waals surface area contributed by atoms with Gasteiger partial charge in [-0.2, -0.15) is 0 Å². The second-order valence-electron chi connectivity index (χ2n) is 14.8. The lowest BCUT2D eigenvalue weighted by Crippen LogP contribution is -2.45. The van der Waals surface area contributed by atoms with Crippen LogP contribution in [0.1, 0.15) is 247 Å². The van der Waals surface area contributed by atoms with Gasteiger partial charge in [-0.1, -0.05) is 213 Å². The number of hydrogen-bond donors (Lipinski definition) is 0. The van der Waals surface area contributed by atoms with E-state index < -0.39 is 0 Å². The molecule has 0 aromatic rings. The lowest BCUT2D eigenvalue weighted by Gasteiger charge is -2.39. The van der Waals surface area contributed by atoms with E-state index >= 15 is 0 Å². The van der Waals surface area contributed by atoms with Gasteiger partial charge >= 0.3 is 0 Å². The van der Waals surface area contributed by atoms with Gasteiger partial charge in [0, 0.05) is 5.54 Å². The van der Waals surface area contributed by atoms with Crippen LogP contribution in [0.15, 0.2) is 0 Å². The molecule has 0 spiro atoms. The second kappa shape index (κ2) is 33.8. The van der Waals surface area contributed by atoms with E-state index in [4.69, 9.17) is 0 Å². The Bertz CT molecular complexity index is 455. The molecule has 0 N–H and O–H groups in total. The van der Waals surface area contributed by atoms with Gasteiger partial charge in [0.25, 0.3) is 0 Å². The average molecular weight is 592 g/mol. The van der Waals surface area contributed by atoms with Gasteiger partial charge in [0.05, 0.1) is 0 Å². The summed E-state index contributed by atoms with van der Waals surface area (Å²) in [7, 11) is 0. The third kappa shape index (κ3) is 30.0. The first kappa shape index (κ1) is 42.0. The number of rotatable bonds is 36. The summed E-state index contributed by atoms with van der Waals surface area (Å²) in [5.74, 6) is 0. The molecule has 0 unspecified atom stereocenters. The molecule has 0 rings (SSSR count). The van der Waals surface area contributed by atoms with E-state index in [2.05, 4.69) is 39.5 Å². The topological polar surface area (TPSA) is 3.24 Å². The van der Waals surface area contributed by atoms with E-state index in [0.717, 1.165) is 0 Å². The van der Waals surface area contributed by atoms with Crippen LogP contribution in [-0.2, 0) is 0 Å². The molecule has 0 heterocycles. The lowest BCUT2D eigenvalue weighted by molar-refractivity contribution is 0.102. The van der Waals surface area contributed by atoms with Crippen molar-refractivity contribution in [1.82, 2.24) is 4.90 Å². The molecule has 0 saturated heterocycles. The molecule has 0 saturated carbocycles. The molecule has 0 aliphatic carbocycles. The van der Waals surface area contributed by atoms with Crippen LogP contribution in [0.5, 0.6) is 0 Å². The standard InChI is InChI=1S/C41H85N/c1-6-9-12-15-18-21-23-25-27-30-33-36-39-42(41(4,5)38-35-32-29-20-17-14-11-8-3)40-37-34-31-28-26-24-22-19-16-13-10-7-2/h6-40H2,1-5H3. The summed E-state index contributed by atoms with van der Waals surface area (Å²) in [5, 5.41) is 0. The zero-order valence-electron chi connectivity index (χ0n) is 30.7. The maximum absolute atomic E-state index is 2.92. The predicted molar refractivity (Wildman–Crippen MR) is 195 cm³/mol. The van der Waals surface area contributed by atoms with Crippen molar-refractivity contribution < 1.29 is 0 Å². The molecule has 0 aliphatic heterocycles. The van der Waals surface area contributed by atoms with E-state index in [9.17, 15) is 0 Å². The molecule has 1 heteroatoms. The van der Waals surface area contributed by atoms with Crippen molar-refractivity contribution in [3.63, 3.8) is 0 Å². The summed E-state index contributed by atoms with van der Waals surface area (Å²) in [5.41, 5.74) is 0.373. The maximum Gasteiger partial charge on any atom is 0.0153 e. The molecular formula is C41H85N. The fourth-order valence-corrected chi connectivity index (χ4v) is 6.85. The average Bonchev–Trinajstić information content (AvgIpc) is 2.98. The Kier molecular flexibility index (Phi) is 33.8. The van der Waals surface area contributed by atoms with Crippen LogP contribution in [0, 0.1) is 0 Å². The largest absolute Gasteiger partial charge is 0.298 e. The summed E-state index contributed by atoms with van der Waals surface area (Å²) in [6.07, 6.45) is 47.7. The van der Waals surface area contributed by atoms with Crippen molar-refractivity contribution in [2.75, 3.05) is 13.1 Å². The number of hydrogen-bond acceptors (Lipinski definition) is 1. The monoisotopic (exact) mass is 592 g/mol. The summed E-state index contributed by atoms with van der Waals surface area (Å²) < 4.78 is 0. The predicted octanol–water partition coefficient (Wildman–Crippen LogP) is 15.0. The van der Waals surface area contributed by atoms with Gasteiger partial charge in [-0.3, -0.25) is 4.90 Å². The fraction of sp³-hybridized carbons (Fsp3) is 1.00. The highest BCUT2D eigenvalue weighted by atomic mass is 15.2. The summed E-state index contributed by atoms with van der Waals surface area (Å²) in [6.45, 7) is 14.7. The smallest absolute Gasteiger partial charge is 0.0153 e. The third-order valence-corrected chi connectivity index (χ3v) is 10.1. The molecule has 1 nitrogen and oxygen atoms in total. The van der Waals surface area contributed by atoms with Gasteiger partial charge in [0.15, 0.2) is 0 Å². The van der Waals surface area contributed by atoms with Crippen LogP contribution in [0.2, 0.25) is 0 Å². The highest BCUT2D eigenvalue weighted by Gasteiger charge is 2.25. The van der Waals surface area contributed by atoms with E-state index in [-0.39, 0.29) is 0 Å². The SMILES string of the molecule is CCCCCCCCCCCCCCN(CCCCCCCCCCCCCC)C(C)(C)CCCCCCCCCC. The molecule has 0 aliphatic rings. The highest BCUT2D eigenvalue weighted by molar-refractivity contribution is 4.81. The van der Waals surface area contributed by atoms with Gasteiger partial charge in [-0.15, -0.1) is 0 Å². The Morgan fingerprint density at radius 1 is 0.286 bits per heavy atom. The van der Waals surface area contributed by atoms with Gasteiger partial charge in [-0.25, -0.2) is 0 Å². The van der Waals surface area contributed by atoms with E-state index in [1.807, 2.05) is 0 Å². The van der Waals surface area contributed by atoms with Crippen molar-refractivity contribution in [3.05, 3.63) is 0 Å². The normalized spacial score (nSPS) is 12.1. The zero-order valence-corrected chi connectivity index (χ0v) is 30.7. The lowest BCUT2D eigenvalue weighted by atomic mass is 9.92. The second-order valence-corrected chi connectivity index (χ2v) is 14.8. The molecule has 0 bridgehead atoms. The molecular weight excluding hydrogens is 506 g/mol. The molecule has 42 heavy (non-hydrogen) atoms. The van der Waals surface area contributed by atoms with E-state index in [1.165, 1.54) is 225 Å². The van der Waals surface area contributed by atoms with Gasteiger partial charge in [0.2, 0.25) is 0 Å². The van der Waals surface area contributed by atoms with Crippen LogP contribution in [0.3, 0.4) is 0 Å². The Morgan fingerprint density at radius 2 is 0.500 bits per heavy atom. The van der Waals surface area contributed by atoms with Crippen LogP contribution >= 0.6 is 0 Å². The van der Waals surface area contributed by atoms with Crippen LogP contribution in [-0.4, -0.2) is 23.5 Å². The van der Waals surface area contributed by atoms with E-state index in [1.54, 1.807) is 0 Å². The van der Waals surface area contributed by atoms with Crippen molar-refractivity contribution in [2.45, 2.75) is 252 Å². The zero-order chi connectivity index (χ0) is 30.8. The quantitative estimate of drug-likeness (QED) is 0.0655. The maximum atomic E-state index is 2.92. The minimum absolute atomic E-state index is 0.373. The Balaban J connectivity index is 4.19. The first-order valence-corrected chi connectivity index (χ1v) is 20.3. The van der Waals surface area contributed by atoms with Crippen molar-refractivity contribution in [3.8, 4) is 0 Å². The van der Waals surface area contributed by atoms with Gasteiger partial charge in [-0.05, 0) is 46.2 Å². The van der Waals surface area contributed by atoms with Crippen LogP contribution in [0.4, 0.5) is 0 Å². The summed E-state index contributed by atoms with van der Waals surface area (Å²) in [4.78, 5) is 2.92. The van der Waals surface area contributed by atoms with E-state index in [0.29, 0.717) is 5.54 Å². The molecule has 0 fully saturated rings. The first-order chi connectivity index (χ1) is 20.6. The molecule has 0 amide bonds. The van der Waals surface area contributed by atoms with Crippen molar-refractivity contribution >= 4 is 0 Å². The third-order valence-electron chi connectivity index (χ3n) is 10.1. The van der Waals surface area contributed by atoms with Crippen molar-refractivity contribution in [1.29, 1.82) is 0 Å². The first-order valence-electron chi connectivity index (χ1n) is 20.3. The molecule has 254 valence electrons. The Hall–Kier alpha value is -0.0400. The molecule has 0 aromatic carbocycles. The number of unbranched alkanes of at least 4 members (excludes halogenated alkanes) is 29. The highest BCUT2D eigenvalue weighted by Crippen LogP contribution is 2.25. The fourth-order valence-electron chi connectivity index (χ4n) is 6.85. The number of nitrogens with zero attached hydrogens (tertiary/aromatic N) is 1. The molecule has 0 atom stereocenters. The van der Waals surface area contributed by atoms with Gasteiger partial charge in [0.1, 0.15) is 0 Å². The van der Waals surface area contributed by atoms with Crippen molar-refractivity contribution in [2.24, 2.45) is 0 Å². The molecule has 0 aromatic heterocycles. The van der Waals surface area contributed by atoms with Crippen LogP contribution < -0.4 is 0 Å². The Labute approximate surface area is 269 Å². The Morgan fingerprint density at radius 3 is 0.762 bits per heavy atom. The minimum atomic E-state index is 0.373. The molecule has 0 radical (unpaired) electrons. The minimum Gasteiger partial charge on any atom is -0.298 e.